The summed E-state index contributed by atoms with van der Waals surface area (Å²) >= 11 is 1.33. The van der Waals surface area contributed by atoms with Gasteiger partial charge in [0, 0.05) is 11.3 Å². The molecule has 0 radical (unpaired) electrons. The summed E-state index contributed by atoms with van der Waals surface area (Å²) in [5.74, 6) is 8.34. The van der Waals surface area contributed by atoms with Crippen molar-refractivity contribution in [1.82, 2.24) is 40.0 Å². The molecule has 0 atom stereocenters. The molecule has 0 bridgehead atoms. The van der Waals surface area contributed by atoms with Crippen LogP contribution in [0.15, 0.2) is 50.5 Å². The van der Waals surface area contributed by atoms with Crippen molar-refractivity contribution >= 4 is 11.8 Å². The molecule has 0 fully saturated rings. The summed E-state index contributed by atoms with van der Waals surface area (Å²) in [5.41, 5.74) is 4.02. The molecule has 5 rings (SSSR count). The number of nitrogen functional groups attached to an aromatic ring is 1. The van der Waals surface area contributed by atoms with Crippen molar-refractivity contribution in [3.8, 4) is 28.7 Å². The van der Waals surface area contributed by atoms with E-state index in [9.17, 15) is 0 Å². The summed E-state index contributed by atoms with van der Waals surface area (Å²) in [4.78, 5) is 0. The van der Waals surface area contributed by atoms with Crippen molar-refractivity contribution < 1.29 is 8.94 Å². The first-order valence-corrected chi connectivity index (χ1v) is 10.7. The zero-order valence-electron chi connectivity index (χ0n) is 17.6. The summed E-state index contributed by atoms with van der Waals surface area (Å²) in [7, 11) is 0. The van der Waals surface area contributed by atoms with E-state index in [1.165, 1.54) is 16.4 Å². The molecule has 32 heavy (non-hydrogen) atoms. The molecule has 12 heteroatoms. The Hall–Kier alpha value is -3.93. The molecule has 0 spiro atoms. The first kappa shape index (κ1) is 20.0. The van der Waals surface area contributed by atoms with Crippen LogP contribution >= 0.6 is 11.8 Å². The Kier molecular flexibility index (Phi) is 4.98. The number of rotatable bonds is 6. The molecule has 0 aliphatic carbocycles. The predicted molar refractivity (Wildman–Crippen MR) is 116 cm³/mol. The monoisotopic (exact) mass is 449 g/mol. The van der Waals surface area contributed by atoms with Crippen LogP contribution in [0.1, 0.15) is 23.0 Å². The van der Waals surface area contributed by atoms with Gasteiger partial charge in [0.05, 0.1) is 11.4 Å². The SMILES string of the molecule is Cc1cc(C)n(-c2nnc(SCc3nnc(-c4c(-c5ccccc5)noc4C)o3)n2N)n1. The molecule has 2 N–H and O–H groups in total. The Morgan fingerprint density at radius 3 is 2.59 bits per heavy atom. The van der Waals surface area contributed by atoms with Crippen molar-refractivity contribution in [3.05, 3.63) is 59.4 Å². The zero-order chi connectivity index (χ0) is 22.2. The average Bonchev–Trinajstić information content (AvgIpc) is 3.55. The Bertz CT molecular complexity index is 1380. The van der Waals surface area contributed by atoms with Gasteiger partial charge in [0.1, 0.15) is 17.0 Å². The number of benzene rings is 1. The Labute approximate surface area is 186 Å². The standard InChI is InChI=1S/C20H19N9O2S/c1-11-9-12(2)29(26-11)19-24-25-20(28(19)21)32-10-15-22-23-18(30-15)16-13(3)31-27-17(16)14-7-5-4-6-8-14/h4-9H,10,21H2,1-3H3. The summed E-state index contributed by atoms with van der Waals surface area (Å²) in [6, 6.07) is 11.6. The topological polar surface area (TPSA) is 140 Å². The van der Waals surface area contributed by atoms with Crippen LogP contribution in [0.2, 0.25) is 0 Å². The second-order valence-electron chi connectivity index (χ2n) is 7.11. The van der Waals surface area contributed by atoms with Crippen LogP contribution < -0.4 is 5.84 Å². The molecule has 0 saturated heterocycles. The van der Waals surface area contributed by atoms with Gasteiger partial charge in [0.25, 0.3) is 11.8 Å². The minimum atomic E-state index is 0.343. The van der Waals surface area contributed by atoms with Crippen LogP contribution in [-0.4, -0.2) is 40.0 Å². The lowest BCUT2D eigenvalue weighted by Gasteiger charge is -2.04. The van der Waals surface area contributed by atoms with Gasteiger partial charge in [-0.25, -0.2) is 9.36 Å². The number of hydrogen-bond acceptors (Lipinski definition) is 10. The predicted octanol–water partition coefficient (Wildman–Crippen LogP) is 3.10. The van der Waals surface area contributed by atoms with Crippen LogP contribution in [0.4, 0.5) is 0 Å². The molecule has 162 valence electrons. The molecular weight excluding hydrogens is 430 g/mol. The van der Waals surface area contributed by atoms with Gasteiger partial charge >= 0.3 is 0 Å². The van der Waals surface area contributed by atoms with Gasteiger partial charge in [-0.05, 0) is 26.8 Å². The third-order valence-corrected chi connectivity index (χ3v) is 5.69. The number of hydrogen-bond donors (Lipinski definition) is 1. The van der Waals surface area contributed by atoms with Gasteiger partial charge in [-0.15, -0.1) is 20.4 Å². The number of aromatic nitrogens is 8. The molecule has 0 saturated carbocycles. The second kappa shape index (κ2) is 7.96. The van der Waals surface area contributed by atoms with E-state index in [0.717, 1.165) is 17.0 Å². The normalized spacial score (nSPS) is 11.3. The molecule has 5 aromatic rings. The summed E-state index contributed by atoms with van der Waals surface area (Å²) < 4.78 is 14.3. The van der Waals surface area contributed by atoms with E-state index in [-0.39, 0.29) is 0 Å². The second-order valence-corrected chi connectivity index (χ2v) is 8.05. The van der Waals surface area contributed by atoms with Gasteiger partial charge in [-0.3, -0.25) is 0 Å². The fourth-order valence-electron chi connectivity index (χ4n) is 3.30. The van der Waals surface area contributed by atoms with Crippen LogP contribution in [0.5, 0.6) is 0 Å². The number of nitrogens with zero attached hydrogens (tertiary/aromatic N) is 8. The maximum absolute atomic E-state index is 6.19. The maximum Gasteiger partial charge on any atom is 0.271 e. The van der Waals surface area contributed by atoms with E-state index in [1.54, 1.807) is 4.68 Å². The van der Waals surface area contributed by atoms with E-state index in [4.69, 9.17) is 14.8 Å². The van der Waals surface area contributed by atoms with Crippen molar-refractivity contribution in [3.63, 3.8) is 0 Å². The Morgan fingerprint density at radius 1 is 1.03 bits per heavy atom. The van der Waals surface area contributed by atoms with Crippen LogP contribution in [0, 0.1) is 20.8 Å². The first-order chi connectivity index (χ1) is 15.5. The Morgan fingerprint density at radius 2 is 1.84 bits per heavy atom. The van der Waals surface area contributed by atoms with Gasteiger partial charge in [-0.2, -0.15) is 5.10 Å². The molecule has 11 nitrogen and oxygen atoms in total. The van der Waals surface area contributed by atoms with Crippen molar-refractivity contribution in [2.45, 2.75) is 31.7 Å². The third-order valence-electron chi connectivity index (χ3n) is 4.76. The Balaban J connectivity index is 1.36. The van der Waals surface area contributed by atoms with Crippen LogP contribution in [0.25, 0.3) is 28.7 Å². The number of thioether (sulfide) groups is 1. The average molecular weight is 450 g/mol. The highest BCUT2D eigenvalue weighted by molar-refractivity contribution is 7.98. The number of aryl methyl sites for hydroxylation is 3. The van der Waals surface area contributed by atoms with E-state index in [0.29, 0.717) is 45.7 Å². The zero-order valence-corrected chi connectivity index (χ0v) is 18.4. The maximum atomic E-state index is 6.19. The van der Waals surface area contributed by atoms with Crippen molar-refractivity contribution in [2.24, 2.45) is 0 Å². The molecule has 0 aliphatic heterocycles. The van der Waals surface area contributed by atoms with Crippen molar-refractivity contribution in [1.29, 1.82) is 0 Å². The summed E-state index contributed by atoms with van der Waals surface area (Å²) in [6.07, 6.45) is 0. The van der Waals surface area contributed by atoms with Crippen molar-refractivity contribution in [2.75, 3.05) is 5.84 Å². The lowest BCUT2D eigenvalue weighted by Crippen LogP contribution is -2.17. The van der Waals surface area contributed by atoms with E-state index < -0.39 is 0 Å². The van der Waals surface area contributed by atoms with E-state index in [2.05, 4.69) is 30.7 Å². The molecule has 1 aromatic carbocycles. The largest absolute Gasteiger partial charge is 0.420 e. The van der Waals surface area contributed by atoms with Crippen LogP contribution in [0.3, 0.4) is 0 Å². The first-order valence-electron chi connectivity index (χ1n) is 9.72. The summed E-state index contributed by atoms with van der Waals surface area (Å²) in [6.45, 7) is 5.65. The number of nitrogens with two attached hydrogens (primary N) is 1. The molecular formula is C20H19N9O2S. The molecule has 4 aromatic heterocycles. The highest BCUT2D eigenvalue weighted by Crippen LogP contribution is 2.34. The minimum absolute atomic E-state index is 0.343. The fraction of sp³-hybridized carbons (Fsp3) is 0.200. The van der Waals surface area contributed by atoms with E-state index >= 15 is 0 Å². The highest BCUT2D eigenvalue weighted by atomic mass is 32.2. The summed E-state index contributed by atoms with van der Waals surface area (Å²) in [5, 5.41) is 25.7. The van der Waals surface area contributed by atoms with Crippen LogP contribution in [-0.2, 0) is 5.75 Å². The molecule has 0 amide bonds. The smallest absolute Gasteiger partial charge is 0.271 e. The molecule has 0 aliphatic rings. The van der Waals surface area contributed by atoms with Gasteiger partial charge < -0.3 is 14.8 Å². The van der Waals surface area contributed by atoms with Gasteiger partial charge in [0.2, 0.25) is 11.0 Å². The van der Waals surface area contributed by atoms with Gasteiger partial charge in [0.15, 0.2) is 0 Å². The lowest BCUT2D eigenvalue weighted by molar-refractivity contribution is 0.399. The molecule has 4 heterocycles. The molecule has 0 unspecified atom stereocenters. The minimum Gasteiger partial charge on any atom is -0.420 e. The van der Waals surface area contributed by atoms with E-state index in [1.807, 2.05) is 57.2 Å². The lowest BCUT2D eigenvalue weighted by atomic mass is 10.1. The quantitative estimate of drug-likeness (QED) is 0.304. The third kappa shape index (κ3) is 3.54. The van der Waals surface area contributed by atoms with Gasteiger partial charge in [-0.1, -0.05) is 47.3 Å². The fourth-order valence-corrected chi connectivity index (χ4v) is 3.99. The highest BCUT2D eigenvalue weighted by Gasteiger charge is 2.22.